The summed E-state index contributed by atoms with van der Waals surface area (Å²) < 4.78 is 7.66. The van der Waals surface area contributed by atoms with Gasteiger partial charge in [-0.1, -0.05) is 6.07 Å². The number of aryl methyl sites for hydroxylation is 1. The van der Waals surface area contributed by atoms with Crippen LogP contribution >= 0.6 is 0 Å². The van der Waals surface area contributed by atoms with Gasteiger partial charge in [0, 0.05) is 56.0 Å². The summed E-state index contributed by atoms with van der Waals surface area (Å²) in [6.45, 7) is 1.83. The number of amides is 1. The topological polar surface area (TPSA) is 60.2 Å². The fourth-order valence-corrected chi connectivity index (χ4v) is 3.14. The zero-order valence-electron chi connectivity index (χ0n) is 13.2. The largest absolute Gasteiger partial charge is 0.471 e. The van der Waals surface area contributed by atoms with E-state index >= 15 is 0 Å². The second kappa shape index (κ2) is 5.68. The first-order chi connectivity index (χ1) is 11.2. The third-order valence-electron chi connectivity index (χ3n) is 4.56. The van der Waals surface area contributed by atoms with E-state index in [1.54, 1.807) is 6.20 Å². The van der Waals surface area contributed by atoms with Crippen LogP contribution in [-0.4, -0.2) is 32.1 Å². The van der Waals surface area contributed by atoms with Crippen LogP contribution in [0.1, 0.15) is 29.8 Å². The fraction of sp³-hybridized carbons (Fsp3) is 0.471. The molecule has 0 spiro atoms. The molecular formula is C17H20N4O2. The summed E-state index contributed by atoms with van der Waals surface area (Å²) >= 11 is 0. The molecule has 23 heavy (non-hydrogen) atoms. The summed E-state index contributed by atoms with van der Waals surface area (Å²) in [4.78, 5) is 18.5. The van der Waals surface area contributed by atoms with Crippen LogP contribution in [0.3, 0.4) is 0 Å². The fourth-order valence-electron chi connectivity index (χ4n) is 3.14. The highest BCUT2D eigenvalue weighted by Gasteiger charge is 2.36. The van der Waals surface area contributed by atoms with E-state index in [1.165, 1.54) is 5.69 Å². The van der Waals surface area contributed by atoms with Crippen LogP contribution in [0.5, 0.6) is 5.88 Å². The van der Waals surface area contributed by atoms with Crippen LogP contribution in [0.2, 0.25) is 0 Å². The molecule has 4 rings (SSSR count). The monoisotopic (exact) mass is 312 g/mol. The van der Waals surface area contributed by atoms with Crippen molar-refractivity contribution in [3.05, 3.63) is 41.3 Å². The van der Waals surface area contributed by atoms with E-state index in [1.807, 2.05) is 34.8 Å². The average Bonchev–Trinajstić information content (AvgIpc) is 3.38. The van der Waals surface area contributed by atoms with Gasteiger partial charge in [0.2, 0.25) is 11.8 Å². The highest BCUT2D eigenvalue weighted by Crippen LogP contribution is 2.33. The number of carbonyl (C=O) groups is 1. The third kappa shape index (κ3) is 2.81. The second-order valence-electron chi connectivity index (χ2n) is 6.24. The van der Waals surface area contributed by atoms with Gasteiger partial charge >= 0.3 is 0 Å². The number of aromatic nitrogens is 3. The van der Waals surface area contributed by atoms with E-state index in [-0.39, 0.29) is 5.92 Å². The highest BCUT2D eigenvalue weighted by atomic mass is 16.5. The quantitative estimate of drug-likeness (QED) is 0.862. The Labute approximate surface area is 135 Å². The molecule has 1 fully saturated rings. The number of carbonyl (C=O) groups excluding carboxylic acids is 1. The van der Waals surface area contributed by atoms with Gasteiger partial charge in [-0.15, -0.1) is 0 Å². The lowest BCUT2D eigenvalue weighted by atomic mass is 10.0. The SMILES string of the molecule is Cn1nc(COc2ccccn2)c2c1CCN(C(=O)C1CC1)C2. The summed E-state index contributed by atoms with van der Waals surface area (Å²) in [5, 5.41) is 4.59. The molecule has 0 saturated heterocycles. The Kier molecular flexibility index (Phi) is 3.52. The molecule has 2 aromatic rings. The molecule has 1 saturated carbocycles. The van der Waals surface area contributed by atoms with E-state index in [0.29, 0.717) is 24.9 Å². The molecule has 6 nitrogen and oxygen atoms in total. The van der Waals surface area contributed by atoms with Crippen LogP contribution in [0.15, 0.2) is 24.4 Å². The van der Waals surface area contributed by atoms with Gasteiger partial charge in [-0.05, 0) is 18.9 Å². The number of pyridine rings is 1. The van der Waals surface area contributed by atoms with Crippen molar-refractivity contribution in [2.45, 2.75) is 32.4 Å². The van der Waals surface area contributed by atoms with Crippen molar-refractivity contribution in [3.8, 4) is 5.88 Å². The van der Waals surface area contributed by atoms with Gasteiger partial charge in [0.15, 0.2) is 0 Å². The van der Waals surface area contributed by atoms with E-state index in [9.17, 15) is 4.79 Å². The van der Waals surface area contributed by atoms with Crippen LogP contribution in [0.25, 0.3) is 0 Å². The van der Waals surface area contributed by atoms with Crippen molar-refractivity contribution in [1.29, 1.82) is 0 Å². The lowest BCUT2D eigenvalue weighted by Crippen LogP contribution is -2.37. The van der Waals surface area contributed by atoms with Crippen molar-refractivity contribution < 1.29 is 9.53 Å². The Morgan fingerprint density at radius 1 is 1.39 bits per heavy atom. The van der Waals surface area contributed by atoms with Crippen LogP contribution in [-0.2, 0) is 31.4 Å². The zero-order valence-corrected chi connectivity index (χ0v) is 13.2. The van der Waals surface area contributed by atoms with Crippen molar-refractivity contribution in [2.24, 2.45) is 13.0 Å². The van der Waals surface area contributed by atoms with E-state index in [2.05, 4.69) is 10.1 Å². The minimum Gasteiger partial charge on any atom is -0.471 e. The molecule has 6 heteroatoms. The minimum absolute atomic E-state index is 0.265. The maximum absolute atomic E-state index is 12.3. The van der Waals surface area contributed by atoms with Gasteiger partial charge in [0.05, 0.1) is 0 Å². The normalized spacial score (nSPS) is 17.0. The smallest absolute Gasteiger partial charge is 0.225 e. The number of hydrogen-bond donors (Lipinski definition) is 0. The average molecular weight is 312 g/mol. The Hall–Kier alpha value is -2.37. The van der Waals surface area contributed by atoms with Crippen LogP contribution in [0, 0.1) is 5.92 Å². The number of nitrogens with zero attached hydrogens (tertiary/aromatic N) is 4. The molecular weight excluding hydrogens is 292 g/mol. The molecule has 3 heterocycles. The first-order valence-corrected chi connectivity index (χ1v) is 8.08. The molecule has 0 atom stereocenters. The zero-order chi connectivity index (χ0) is 15.8. The van der Waals surface area contributed by atoms with Gasteiger partial charge in [-0.3, -0.25) is 9.48 Å². The van der Waals surface area contributed by atoms with E-state index in [0.717, 1.165) is 37.1 Å². The van der Waals surface area contributed by atoms with Crippen molar-refractivity contribution >= 4 is 5.91 Å². The first-order valence-electron chi connectivity index (χ1n) is 8.08. The van der Waals surface area contributed by atoms with Gasteiger partial charge < -0.3 is 9.64 Å². The van der Waals surface area contributed by atoms with E-state index in [4.69, 9.17) is 4.74 Å². The van der Waals surface area contributed by atoms with Crippen LogP contribution < -0.4 is 4.74 Å². The highest BCUT2D eigenvalue weighted by molar-refractivity contribution is 5.81. The van der Waals surface area contributed by atoms with Gasteiger partial charge in [0.1, 0.15) is 12.3 Å². The second-order valence-corrected chi connectivity index (χ2v) is 6.24. The van der Waals surface area contributed by atoms with E-state index < -0.39 is 0 Å². The maximum atomic E-state index is 12.3. The van der Waals surface area contributed by atoms with Crippen LogP contribution in [0.4, 0.5) is 0 Å². The van der Waals surface area contributed by atoms with Gasteiger partial charge in [-0.2, -0.15) is 5.10 Å². The van der Waals surface area contributed by atoms with Crippen molar-refractivity contribution in [2.75, 3.05) is 6.54 Å². The molecule has 0 aromatic carbocycles. The molecule has 0 radical (unpaired) electrons. The summed E-state index contributed by atoms with van der Waals surface area (Å²) in [7, 11) is 1.96. The molecule has 1 amide bonds. The summed E-state index contributed by atoms with van der Waals surface area (Å²) in [5.74, 6) is 1.16. The number of hydrogen-bond acceptors (Lipinski definition) is 4. The molecule has 120 valence electrons. The molecule has 2 aliphatic rings. The minimum atomic E-state index is 0.265. The molecule has 0 bridgehead atoms. The molecule has 0 N–H and O–H groups in total. The third-order valence-corrected chi connectivity index (χ3v) is 4.56. The standard InChI is InChI=1S/C17H20N4O2/c1-20-15-7-9-21(17(22)12-5-6-12)10-13(15)14(19-20)11-23-16-4-2-3-8-18-16/h2-4,8,12H,5-7,9-11H2,1H3. The Morgan fingerprint density at radius 2 is 2.26 bits per heavy atom. The number of fused-ring (bicyclic) bond motifs is 1. The first kappa shape index (κ1) is 14.2. The van der Waals surface area contributed by atoms with Crippen molar-refractivity contribution in [3.63, 3.8) is 0 Å². The van der Waals surface area contributed by atoms with Crippen molar-refractivity contribution in [1.82, 2.24) is 19.7 Å². The molecule has 1 aliphatic carbocycles. The lowest BCUT2D eigenvalue weighted by Gasteiger charge is -2.27. The summed E-state index contributed by atoms with van der Waals surface area (Å²) in [6.07, 6.45) is 4.66. The maximum Gasteiger partial charge on any atom is 0.225 e. The lowest BCUT2D eigenvalue weighted by molar-refractivity contribution is -0.133. The molecule has 2 aromatic heterocycles. The number of ether oxygens (including phenoxy) is 1. The Morgan fingerprint density at radius 3 is 3.00 bits per heavy atom. The predicted molar refractivity (Wildman–Crippen MR) is 83.6 cm³/mol. The predicted octanol–water partition coefficient (Wildman–Crippen LogP) is 1.69. The molecule has 1 aliphatic heterocycles. The molecule has 0 unspecified atom stereocenters. The van der Waals surface area contributed by atoms with Gasteiger partial charge in [-0.25, -0.2) is 4.98 Å². The Bertz CT molecular complexity index is 722. The summed E-state index contributed by atoms with van der Waals surface area (Å²) in [6, 6.07) is 5.58. The Balaban J connectivity index is 1.51. The number of rotatable bonds is 4. The van der Waals surface area contributed by atoms with Gasteiger partial charge in [0.25, 0.3) is 0 Å². The summed E-state index contributed by atoms with van der Waals surface area (Å²) in [5.41, 5.74) is 3.26.